The van der Waals surface area contributed by atoms with Gasteiger partial charge in [0, 0.05) is 0 Å². The zero-order chi connectivity index (χ0) is 15.4. The van der Waals surface area contributed by atoms with Crippen molar-refractivity contribution in [3.05, 3.63) is 76.1 Å². The third-order valence-corrected chi connectivity index (χ3v) is 3.34. The number of rotatable bonds is 5. The maximum atomic E-state index is 12.0. The third kappa shape index (κ3) is 3.22. The number of anilines is 1. The number of hydrogen-bond donors (Lipinski definition) is 2. The molecule has 6 nitrogen and oxygen atoms in total. The Kier molecular flexibility index (Phi) is 4.00. The summed E-state index contributed by atoms with van der Waals surface area (Å²) in [6.45, 7) is 1.99. The van der Waals surface area contributed by atoms with Crippen molar-refractivity contribution in [1.82, 2.24) is 15.2 Å². The highest BCUT2D eigenvalue weighted by molar-refractivity contribution is 5.30. The summed E-state index contributed by atoms with van der Waals surface area (Å²) in [4.78, 5) is 14.8. The molecule has 1 aromatic carbocycles. The molecule has 0 fully saturated rings. The van der Waals surface area contributed by atoms with E-state index in [0.717, 1.165) is 5.56 Å². The van der Waals surface area contributed by atoms with Gasteiger partial charge in [0.05, 0.1) is 18.7 Å². The Balaban J connectivity index is 1.73. The highest BCUT2D eigenvalue weighted by Gasteiger charge is 2.10. The molecule has 2 aromatic heterocycles. The van der Waals surface area contributed by atoms with Crippen LogP contribution in [0.5, 0.6) is 0 Å². The van der Waals surface area contributed by atoms with Gasteiger partial charge in [-0.05, 0) is 24.6 Å². The van der Waals surface area contributed by atoms with Crippen LogP contribution >= 0.6 is 0 Å². The molecule has 6 heteroatoms. The maximum Gasteiger partial charge on any atom is 0.274 e. The second kappa shape index (κ2) is 6.26. The lowest BCUT2D eigenvalue weighted by Crippen LogP contribution is -2.20. The molecule has 22 heavy (non-hydrogen) atoms. The molecule has 1 atom stereocenters. The number of furan rings is 1. The van der Waals surface area contributed by atoms with Gasteiger partial charge >= 0.3 is 0 Å². The molecule has 0 bridgehead atoms. The van der Waals surface area contributed by atoms with Crippen LogP contribution in [0.3, 0.4) is 0 Å². The van der Waals surface area contributed by atoms with E-state index >= 15 is 0 Å². The van der Waals surface area contributed by atoms with E-state index in [9.17, 15) is 4.79 Å². The summed E-state index contributed by atoms with van der Waals surface area (Å²) in [5, 5.41) is 11.1. The van der Waals surface area contributed by atoms with Crippen LogP contribution in [0.1, 0.15) is 30.0 Å². The molecule has 112 valence electrons. The van der Waals surface area contributed by atoms with Gasteiger partial charge in [-0.15, -0.1) is 10.2 Å². The zero-order valence-electron chi connectivity index (χ0n) is 12.1. The largest absolute Gasteiger partial charge is 0.469 e. The number of aromatic amines is 1. The van der Waals surface area contributed by atoms with Crippen molar-refractivity contribution in [3.8, 4) is 0 Å². The van der Waals surface area contributed by atoms with Gasteiger partial charge in [0.1, 0.15) is 11.5 Å². The zero-order valence-corrected chi connectivity index (χ0v) is 12.1. The molecule has 1 unspecified atom stereocenters. The van der Waals surface area contributed by atoms with E-state index in [1.54, 1.807) is 18.4 Å². The Bertz CT molecular complexity index is 781. The molecule has 0 radical (unpaired) electrons. The number of H-pyrrole nitrogens is 1. The topological polar surface area (TPSA) is 83.8 Å². The van der Waals surface area contributed by atoms with Crippen LogP contribution in [0, 0.1) is 0 Å². The van der Waals surface area contributed by atoms with Crippen LogP contribution in [0.15, 0.2) is 57.9 Å². The van der Waals surface area contributed by atoms with E-state index in [2.05, 4.69) is 20.5 Å². The summed E-state index contributed by atoms with van der Waals surface area (Å²) in [6, 6.07) is 13.5. The molecule has 0 spiro atoms. The minimum absolute atomic E-state index is 0.0158. The first-order chi connectivity index (χ1) is 10.7. The van der Waals surface area contributed by atoms with E-state index < -0.39 is 0 Å². The lowest BCUT2D eigenvalue weighted by molar-refractivity contribution is 0.517. The van der Waals surface area contributed by atoms with Gasteiger partial charge in [-0.3, -0.25) is 9.78 Å². The molecule has 0 aliphatic carbocycles. The Morgan fingerprint density at radius 2 is 2.00 bits per heavy atom. The number of nitrogens with zero attached hydrogens (tertiary/aromatic N) is 2. The summed E-state index contributed by atoms with van der Waals surface area (Å²) in [5.74, 6) is 1.03. The second-order valence-corrected chi connectivity index (χ2v) is 4.98. The summed E-state index contributed by atoms with van der Waals surface area (Å²) in [7, 11) is 0. The van der Waals surface area contributed by atoms with Gasteiger partial charge in [0.25, 0.3) is 5.56 Å². The second-order valence-electron chi connectivity index (χ2n) is 4.98. The van der Waals surface area contributed by atoms with E-state index in [1.165, 1.54) is 0 Å². The first kappa shape index (κ1) is 14.1. The average Bonchev–Trinajstić information content (AvgIpc) is 3.04. The molecule has 0 saturated heterocycles. The number of benzene rings is 1. The van der Waals surface area contributed by atoms with Crippen LogP contribution in [0.4, 0.5) is 5.95 Å². The Labute approximate surface area is 127 Å². The summed E-state index contributed by atoms with van der Waals surface area (Å²) >= 11 is 0. The quantitative estimate of drug-likeness (QED) is 0.756. The van der Waals surface area contributed by atoms with Gasteiger partial charge < -0.3 is 9.73 Å². The lowest BCUT2D eigenvalue weighted by atomic mass is 10.1. The minimum Gasteiger partial charge on any atom is -0.469 e. The number of aromatic nitrogens is 3. The minimum atomic E-state index is -0.269. The van der Waals surface area contributed by atoms with Crippen molar-refractivity contribution >= 4 is 5.95 Å². The normalized spacial score (nSPS) is 12.0. The molecule has 0 saturated carbocycles. The summed E-state index contributed by atoms with van der Waals surface area (Å²) in [5.41, 5.74) is 1.16. The van der Waals surface area contributed by atoms with Crippen molar-refractivity contribution in [1.29, 1.82) is 0 Å². The molecule has 3 aromatic rings. The van der Waals surface area contributed by atoms with Crippen molar-refractivity contribution in [2.45, 2.75) is 19.4 Å². The fraction of sp³-hybridized carbons (Fsp3) is 0.188. The summed E-state index contributed by atoms with van der Waals surface area (Å²) < 4.78 is 5.21. The standard InChI is InChI=1S/C16H16N4O2/c1-11(12-6-3-2-4-7-12)17-16-18-15(21)14(19-20-16)10-13-8-5-9-22-13/h2-9,11H,10H2,1H3,(H2,17,18,20,21). The van der Waals surface area contributed by atoms with Crippen LogP contribution in [-0.4, -0.2) is 15.2 Å². The Morgan fingerprint density at radius 3 is 2.68 bits per heavy atom. The highest BCUT2D eigenvalue weighted by Crippen LogP contribution is 2.15. The number of hydrogen-bond acceptors (Lipinski definition) is 5. The van der Waals surface area contributed by atoms with Crippen molar-refractivity contribution < 1.29 is 4.42 Å². The van der Waals surface area contributed by atoms with Gasteiger partial charge in [-0.2, -0.15) is 0 Å². The summed E-state index contributed by atoms with van der Waals surface area (Å²) in [6.07, 6.45) is 1.89. The highest BCUT2D eigenvalue weighted by atomic mass is 16.3. The van der Waals surface area contributed by atoms with E-state index in [0.29, 0.717) is 23.8 Å². The molecular weight excluding hydrogens is 280 g/mol. The molecular formula is C16H16N4O2. The third-order valence-electron chi connectivity index (χ3n) is 3.34. The van der Waals surface area contributed by atoms with Crippen LogP contribution < -0.4 is 10.9 Å². The molecule has 3 rings (SSSR count). The van der Waals surface area contributed by atoms with Gasteiger partial charge in [-0.1, -0.05) is 30.3 Å². The average molecular weight is 296 g/mol. The maximum absolute atomic E-state index is 12.0. The molecule has 0 aliphatic rings. The fourth-order valence-electron chi connectivity index (χ4n) is 2.15. The monoisotopic (exact) mass is 296 g/mol. The van der Waals surface area contributed by atoms with Crippen molar-refractivity contribution in [2.75, 3.05) is 5.32 Å². The van der Waals surface area contributed by atoms with Gasteiger partial charge in [-0.25, -0.2) is 0 Å². The van der Waals surface area contributed by atoms with Crippen LogP contribution in [-0.2, 0) is 6.42 Å². The van der Waals surface area contributed by atoms with Crippen molar-refractivity contribution in [2.24, 2.45) is 0 Å². The van der Waals surface area contributed by atoms with Crippen molar-refractivity contribution in [3.63, 3.8) is 0 Å². The lowest BCUT2D eigenvalue weighted by Gasteiger charge is -2.13. The predicted octanol–water partition coefficient (Wildman–Crippen LogP) is 2.52. The number of nitrogens with one attached hydrogen (secondary N) is 2. The smallest absolute Gasteiger partial charge is 0.274 e. The van der Waals surface area contributed by atoms with Gasteiger partial charge in [0.15, 0.2) is 0 Å². The predicted molar refractivity (Wildman–Crippen MR) is 82.6 cm³/mol. The first-order valence-corrected chi connectivity index (χ1v) is 7.02. The Hall–Kier alpha value is -2.89. The molecule has 2 N–H and O–H groups in total. The van der Waals surface area contributed by atoms with Gasteiger partial charge in [0.2, 0.25) is 5.95 Å². The molecule has 2 heterocycles. The SMILES string of the molecule is CC(Nc1nnc(Cc2ccco2)c(=O)[nH]1)c1ccccc1. The van der Waals surface area contributed by atoms with E-state index in [4.69, 9.17) is 4.42 Å². The van der Waals surface area contributed by atoms with E-state index in [1.807, 2.05) is 37.3 Å². The van der Waals surface area contributed by atoms with Crippen LogP contribution in [0.2, 0.25) is 0 Å². The first-order valence-electron chi connectivity index (χ1n) is 7.02. The van der Waals surface area contributed by atoms with Crippen LogP contribution in [0.25, 0.3) is 0 Å². The molecule has 0 aliphatic heterocycles. The van der Waals surface area contributed by atoms with E-state index in [-0.39, 0.29) is 11.6 Å². The molecule has 0 amide bonds. The fourth-order valence-corrected chi connectivity index (χ4v) is 2.15. The Morgan fingerprint density at radius 1 is 1.18 bits per heavy atom.